The average Bonchev–Trinajstić information content (AvgIpc) is 3.01. The minimum absolute atomic E-state index is 0.120. The number of aromatic nitrogens is 1. The molecule has 29 heavy (non-hydrogen) atoms. The highest BCUT2D eigenvalue weighted by molar-refractivity contribution is 6.31. The number of benzene rings is 2. The van der Waals surface area contributed by atoms with Crippen molar-refractivity contribution in [3.63, 3.8) is 0 Å². The number of hydrogen-bond acceptors (Lipinski definition) is 3. The quantitative estimate of drug-likeness (QED) is 0.480. The number of hydrazone groups is 1. The van der Waals surface area contributed by atoms with Crippen LogP contribution in [0.5, 0.6) is 0 Å². The Balaban J connectivity index is 1.69. The second-order valence-corrected chi connectivity index (χ2v) is 7.59. The van der Waals surface area contributed by atoms with Crippen LogP contribution in [0.15, 0.2) is 59.8 Å². The Morgan fingerprint density at radius 1 is 1.14 bits per heavy atom. The highest BCUT2D eigenvalue weighted by Crippen LogP contribution is 2.18. The molecule has 2 N–H and O–H groups in total. The Labute approximate surface area is 174 Å². The SMILES string of the molecule is CC(C)C(NC(=O)c1cccc(Cl)c1)C(=O)NN=Cc1cn(C)c2ccccc12. The van der Waals surface area contributed by atoms with Crippen molar-refractivity contribution in [1.29, 1.82) is 0 Å². The van der Waals surface area contributed by atoms with Crippen molar-refractivity contribution >= 4 is 40.5 Å². The summed E-state index contributed by atoms with van der Waals surface area (Å²) in [6.45, 7) is 3.72. The number of rotatable bonds is 6. The zero-order valence-electron chi connectivity index (χ0n) is 16.5. The van der Waals surface area contributed by atoms with E-state index in [0.29, 0.717) is 10.6 Å². The van der Waals surface area contributed by atoms with Gasteiger partial charge in [-0.15, -0.1) is 0 Å². The van der Waals surface area contributed by atoms with Crippen molar-refractivity contribution < 1.29 is 9.59 Å². The topological polar surface area (TPSA) is 75.5 Å². The molecule has 0 aliphatic rings. The first-order chi connectivity index (χ1) is 13.9. The minimum Gasteiger partial charge on any atom is -0.350 e. The molecular formula is C22H23ClN4O2. The van der Waals surface area contributed by atoms with E-state index in [9.17, 15) is 9.59 Å². The number of aryl methyl sites for hydroxylation is 1. The first-order valence-electron chi connectivity index (χ1n) is 9.30. The zero-order valence-corrected chi connectivity index (χ0v) is 17.3. The lowest BCUT2D eigenvalue weighted by Gasteiger charge is -2.20. The van der Waals surface area contributed by atoms with Crippen LogP contribution in [0.1, 0.15) is 29.8 Å². The predicted molar refractivity (Wildman–Crippen MR) is 116 cm³/mol. The molecule has 0 aliphatic carbocycles. The predicted octanol–water partition coefficient (Wildman–Crippen LogP) is 3.74. The van der Waals surface area contributed by atoms with Crippen molar-refractivity contribution in [3.05, 3.63) is 70.9 Å². The summed E-state index contributed by atoms with van der Waals surface area (Å²) in [4.78, 5) is 25.1. The van der Waals surface area contributed by atoms with E-state index >= 15 is 0 Å². The van der Waals surface area contributed by atoms with Crippen LogP contribution in [0.4, 0.5) is 0 Å². The fraction of sp³-hybridized carbons (Fsp3) is 0.227. The van der Waals surface area contributed by atoms with Crippen LogP contribution in [0.2, 0.25) is 5.02 Å². The maximum Gasteiger partial charge on any atom is 0.262 e. The summed E-state index contributed by atoms with van der Waals surface area (Å²) in [6, 6.07) is 13.8. The largest absolute Gasteiger partial charge is 0.350 e. The van der Waals surface area contributed by atoms with Gasteiger partial charge in [-0.3, -0.25) is 9.59 Å². The summed E-state index contributed by atoms with van der Waals surface area (Å²) in [5, 5.41) is 8.35. The number of carbonyl (C=O) groups is 2. The summed E-state index contributed by atoms with van der Waals surface area (Å²) < 4.78 is 2.00. The molecular weight excluding hydrogens is 388 g/mol. The zero-order chi connectivity index (χ0) is 21.0. The summed E-state index contributed by atoms with van der Waals surface area (Å²) in [5.41, 5.74) is 4.91. The maximum absolute atomic E-state index is 12.6. The number of carbonyl (C=O) groups excluding carboxylic acids is 2. The average molecular weight is 411 g/mol. The van der Waals surface area contributed by atoms with E-state index in [-0.39, 0.29) is 17.7 Å². The van der Waals surface area contributed by atoms with Gasteiger partial charge in [-0.25, -0.2) is 5.43 Å². The molecule has 0 saturated carbocycles. The van der Waals surface area contributed by atoms with E-state index in [1.807, 2.05) is 55.9 Å². The van der Waals surface area contributed by atoms with Gasteiger partial charge in [-0.2, -0.15) is 5.10 Å². The number of hydrogen-bond donors (Lipinski definition) is 2. The molecule has 150 valence electrons. The molecule has 3 aromatic rings. The molecule has 2 aromatic carbocycles. The van der Waals surface area contributed by atoms with Crippen molar-refractivity contribution in [1.82, 2.24) is 15.3 Å². The standard InChI is InChI=1S/C22H23ClN4O2/c1-14(2)20(25-21(28)15-7-6-8-17(23)11-15)22(29)26-24-12-16-13-27(3)19-10-5-4-9-18(16)19/h4-14,20H,1-3H3,(H,25,28)(H,26,29). The van der Waals surface area contributed by atoms with Gasteiger partial charge in [0.05, 0.1) is 6.21 Å². The highest BCUT2D eigenvalue weighted by atomic mass is 35.5. The second kappa shape index (κ2) is 8.92. The van der Waals surface area contributed by atoms with Gasteiger partial charge in [-0.1, -0.05) is 49.7 Å². The van der Waals surface area contributed by atoms with Gasteiger partial charge in [0.2, 0.25) is 0 Å². The Morgan fingerprint density at radius 3 is 2.62 bits per heavy atom. The second-order valence-electron chi connectivity index (χ2n) is 7.15. The van der Waals surface area contributed by atoms with Crippen LogP contribution < -0.4 is 10.7 Å². The van der Waals surface area contributed by atoms with E-state index in [2.05, 4.69) is 15.8 Å². The van der Waals surface area contributed by atoms with Crippen molar-refractivity contribution in [2.24, 2.45) is 18.1 Å². The van der Waals surface area contributed by atoms with Gasteiger partial charge < -0.3 is 9.88 Å². The van der Waals surface area contributed by atoms with Gasteiger partial charge in [0, 0.05) is 40.3 Å². The van der Waals surface area contributed by atoms with Crippen molar-refractivity contribution in [2.75, 3.05) is 0 Å². The minimum atomic E-state index is -0.730. The third kappa shape index (κ3) is 4.84. The fourth-order valence-electron chi connectivity index (χ4n) is 3.10. The molecule has 1 atom stereocenters. The smallest absolute Gasteiger partial charge is 0.262 e. The van der Waals surface area contributed by atoms with Gasteiger partial charge in [0.1, 0.15) is 6.04 Å². The summed E-state index contributed by atoms with van der Waals surface area (Å²) in [6.07, 6.45) is 3.55. The molecule has 0 fully saturated rings. The molecule has 2 amide bonds. The number of fused-ring (bicyclic) bond motifs is 1. The van der Waals surface area contributed by atoms with Crippen LogP contribution in [-0.4, -0.2) is 28.6 Å². The first-order valence-corrected chi connectivity index (χ1v) is 9.68. The highest BCUT2D eigenvalue weighted by Gasteiger charge is 2.24. The molecule has 0 saturated heterocycles. The number of nitrogens with one attached hydrogen (secondary N) is 2. The molecule has 0 radical (unpaired) electrons. The van der Waals surface area contributed by atoms with E-state index in [1.165, 1.54) is 0 Å². The Hall–Kier alpha value is -3.12. The number of nitrogens with zero attached hydrogens (tertiary/aromatic N) is 2. The molecule has 1 unspecified atom stereocenters. The van der Waals surface area contributed by atoms with Crippen LogP contribution in [-0.2, 0) is 11.8 Å². The van der Waals surface area contributed by atoms with Gasteiger partial charge in [0.15, 0.2) is 0 Å². The molecule has 1 heterocycles. The number of halogens is 1. The number of para-hydroxylation sites is 1. The van der Waals surface area contributed by atoms with Crippen molar-refractivity contribution in [3.8, 4) is 0 Å². The Morgan fingerprint density at radius 2 is 1.90 bits per heavy atom. The van der Waals surface area contributed by atoms with Gasteiger partial charge in [0.25, 0.3) is 11.8 Å². The van der Waals surface area contributed by atoms with E-state index in [0.717, 1.165) is 16.5 Å². The third-order valence-corrected chi connectivity index (χ3v) is 4.86. The lowest BCUT2D eigenvalue weighted by Crippen LogP contribution is -2.48. The molecule has 6 nitrogen and oxygen atoms in total. The van der Waals surface area contributed by atoms with Gasteiger partial charge in [-0.05, 0) is 30.2 Å². The Bertz CT molecular complexity index is 1070. The summed E-state index contributed by atoms with van der Waals surface area (Å²) >= 11 is 5.94. The fourth-order valence-corrected chi connectivity index (χ4v) is 3.29. The van der Waals surface area contributed by atoms with E-state index in [1.54, 1.807) is 30.5 Å². The maximum atomic E-state index is 12.6. The normalized spacial score (nSPS) is 12.4. The lowest BCUT2D eigenvalue weighted by molar-refractivity contribution is -0.123. The van der Waals surface area contributed by atoms with E-state index < -0.39 is 6.04 Å². The summed E-state index contributed by atoms with van der Waals surface area (Å²) in [5.74, 6) is -0.864. The summed E-state index contributed by atoms with van der Waals surface area (Å²) in [7, 11) is 1.96. The van der Waals surface area contributed by atoms with Gasteiger partial charge >= 0.3 is 0 Å². The van der Waals surface area contributed by atoms with Crippen LogP contribution >= 0.6 is 11.6 Å². The molecule has 7 heteroatoms. The molecule has 0 spiro atoms. The lowest BCUT2D eigenvalue weighted by atomic mass is 10.0. The monoisotopic (exact) mass is 410 g/mol. The third-order valence-electron chi connectivity index (χ3n) is 4.63. The van der Waals surface area contributed by atoms with Crippen LogP contribution in [0.25, 0.3) is 10.9 Å². The molecule has 1 aromatic heterocycles. The number of amides is 2. The first kappa shape index (κ1) is 20.6. The Kier molecular flexibility index (Phi) is 6.34. The van der Waals surface area contributed by atoms with E-state index in [4.69, 9.17) is 11.6 Å². The molecule has 3 rings (SSSR count). The molecule has 0 bridgehead atoms. The van der Waals surface area contributed by atoms with Crippen LogP contribution in [0, 0.1) is 5.92 Å². The van der Waals surface area contributed by atoms with Crippen LogP contribution in [0.3, 0.4) is 0 Å². The van der Waals surface area contributed by atoms with Crippen molar-refractivity contribution in [2.45, 2.75) is 19.9 Å². The molecule has 0 aliphatic heterocycles.